The van der Waals surface area contributed by atoms with Crippen LogP contribution in [0.1, 0.15) is 94.3 Å². The predicted molar refractivity (Wildman–Crippen MR) is 164 cm³/mol. The zero-order chi connectivity index (χ0) is 28.3. The molecule has 0 saturated carbocycles. The highest BCUT2D eigenvalue weighted by atomic mass is 79.9. The number of ketones is 1. The number of benzene rings is 2. The van der Waals surface area contributed by atoms with Crippen molar-refractivity contribution in [2.45, 2.75) is 78.1 Å². The molecule has 1 fully saturated rings. The highest BCUT2D eigenvalue weighted by Crippen LogP contribution is 2.41. The van der Waals surface area contributed by atoms with E-state index in [9.17, 15) is 9.90 Å². The van der Waals surface area contributed by atoms with E-state index >= 15 is 0 Å². The van der Waals surface area contributed by atoms with E-state index in [-0.39, 0.29) is 57.7 Å². The maximum atomic E-state index is 13.6. The molecule has 2 N–H and O–H groups in total. The number of Topliss-reactive ketones (excluding diaryl/α,β-unsaturated/α-hetero) is 1. The van der Waals surface area contributed by atoms with Gasteiger partial charge in [-0.25, -0.2) is 0 Å². The van der Waals surface area contributed by atoms with Crippen LogP contribution in [0.4, 0.5) is 0 Å². The van der Waals surface area contributed by atoms with Gasteiger partial charge in [0.1, 0.15) is 23.9 Å². The summed E-state index contributed by atoms with van der Waals surface area (Å²) in [5.41, 5.74) is 2.61. The van der Waals surface area contributed by atoms with E-state index in [1.165, 1.54) is 0 Å². The van der Waals surface area contributed by atoms with Gasteiger partial charge in [-0.2, -0.15) is 0 Å². The molecular weight excluding hydrogens is 556 g/mol. The SMILES string of the molecule is Br.CCC[C@@H]1CN(CC(=O)c2cc(C(C)(C)C)c(O)c(C(C)(C)C)c2)C(=N)[C@@H]1c1ccc(OCCOC)cc1. The first-order valence-corrected chi connectivity index (χ1v) is 13.7. The van der Waals surface area contributed by atoms with E-state index in [0.717, 1.165) is 35.3 Å². The second kappa shape index (κ2) is 13.3. The zero-order valence-electron chi connectivity index (χ0n) is 24.9. The van der Waals surface area contributed by atoms with Crippen LogP contribution in [0.2, 0.25) is 0 Å². The van der Waals surface area contributed by atoms with E-state index < -0.39 is 0 Å². The van der Waals surface area contributed by atoms with Crippen molar-refractivity contribution in [3.05, 3.63) is 58.7 Å². The van der Waals surface area contributed by atoms with E-state index in [4.69, 9.17) is 14.9 Å². The van der Waals surface area contributed by atoms with Gasteiger partial charge in [-0.05, 0) is 53.0 Å². The van der Waals surface area contributed by atoms with Crippen molar-refractivity contribution in [1.29, 1.82) is 5.41 Å². The monoisotopic (exact) mass is 602 g/mol. The Morgan fingerprint density at radius 3 is 2.08 bits per heavy atom. The first-order valence-electron chi connectivity index (χ1n) is 13.7. The molecule has 216 valence electrons. The van der Waals surface area contributed by atoms with E-state index in [0.29, 0.717) is 31.2 Å². The number of nitrogens with zero attached hydrogens (tertiary/aromatic N) is 1. The number of likely N-dealkylation sites (tertiary alicyclic amines) is 1. The third kappa shape index (κ3) is 7.85. The second-order valence-corrected chi connectivity index (χ2v) is 12.5. The molecule has 0 spiro atoms. The summed E-state index contributed by atoms with van der Waals surface area (Å²) in [6, 6.07) is 11.7. The first kappa shape index (κ1) is 32.8. The number of amidine groups is 1. The van der Waals surface area contributed by atoms with Gasteiger partial charge in [0.2, 0.25) is 0 Å². The zero-order valence-corrected chi connectivity index (χ0v) is 26.6. The first-order chi connectivity index (χ1) is 17.8. The molecule has 3 rings (SSSR count). The molecule has 0 amide bonds. The highest BCUT2D eigenvalue weighted by molar-refractivity contribution is 8.93. The lowest BCUT2D eigenvalue weighted by Gasteiger charge is -2.28. The van der Waals surface area contributed by atoms with Crippen molar-refractivity contribution >= 4 is 28.6 Å². The predicted octanol–water partition coefficient (Wildman–Crippen LogP) is 7.27. The Labute approximate surface area is 245 Å². The number of phenolic OH excluding ortho intramolecular Hbond substituents is 1. The summed E-state index contributed by atoms with van der Waals surface area (Å²) in [6.07, 6.45) is 2.02. The van der Waals surface area contributed by atoms with E-state index in [2.05, 4.69) is 6.92 Å². The van der Waals surface area contributed by atoms with Crippen molar-refractivity contribution in [2.75, 3.05) is 33.4 Å². The van der Waals surface area contributed by atoms with Crippen LogP contribution in [-0.4, -0.2) is 55.0 Å². The van der Waals surface area contributed by atoms with Gasteiger partial charge in [0.05, 0.1) is 13.2 Å². The minimum absolute atomic E-state index is 0. The van der Waals surface area contributed by atoms with E-state index in [1.807, 2.05) is 82.8 Å². The molecule has 1 aliphatic rings. The van der Waals surface area contributed by atoms with Gasteiger partial charge in [0.15, 0.2) is 5.78 Å². The number of methoxy groups -OCH3 is 1. The molecule has 6 nitrogen and oxygen atoms in total. The number of carbonyl (C=O) groups is 1. The molecule has 1 aliphatic heterocycles. The number of carbonyl (C=O) groups excluding carboxylic acids is 1. The number of hydrogen-bond acceptors (Lipinski definition) is 5. The van der Waals surface area contributed by atoms with Crippen LogP contribution in [0, 0.1) is 11.3 Å². The average Bonchev–Trinajstić information content (AvgIpc) is 3.13. The lowest BCUT2D eigenvalue weighted by molar-refractivity contribution is 0.0963. The van der Waals surface area contributed by atoms with Crippen molar-refractivity contribution < 1.29 is 19.4 Å². The average molecular weight is 604 g/mol. The molecule has 2 aromatic rings. The van der Waals surface area contributed by atoms with Crippen molar-refractivity contribution in [3.8, 4) is 11.5 Å². The van der Waals surface area contributed by atoms with Gasteiger partial charge in [-0.1, -0.05) is 67.0 Å². The number of ether oxygens (including phenoxy) is 2. The Kier molecular flexibility index (Phi) is 11.2. The Hall–Kier alpha value is -2.38. The number of hydrogen-bond donors (Lipinski definition) is 2. The molecule has 0 unspecified atom stereocenters. The lowest BCUT2D eigenvalue weighted by Crippen LogP contribution is -2.32. The fourth-order valence-corrected chi connectivity index (χ4v) is 5.33. The van der Waals surface area contributed by atoms with Gasteiger partial charge in [-0.3, -0.25) is 10.2 Å². The van der Waals surface area contributed by atoms with Crippen LogP contribution >= 0.6 is 17.0 Å². The molecular formula is C32H47BrN2O4. The van der Waals surface area contributed by atoms with Crippen LogP contribution in [0.5, 0.6) is 11.5 Å². The number of rotatable bonds is 10. The maximum absolute atomic E-state index is 13.6. The summed E-state index contributed by atoms with van der Waals surface area (Å²) >= 11 is 0. The summed E-state index contributed by atoms with van der Waals surface area (Å²) < 4.78 is 10.8. The van der Waals surface area contributed by atoms with Crippen molar-refractivity contribution in [1.82, 2.24) is 4.90 Å². The summed E-state index contributed by atoms with van der Waals surface area (Å²) in [7, 11) is 1.65. The fraction of sp³-hybridized carbons (Fsp3) is 0.562. The topological polar surface area (TPSA) is 82.9 Å². The Balaban J connectivity index is 0.00000533. The van der Waals surface area contributed by atoms with Gasteiger partial charge < -0.3 is 19.5 Å². The highest BCUT2D eigenvalue weighted by Gasteiger charge is 2.39. The summed E-state index contributed by atoms with van der Waals surface area (Å²) in [5, 5.41) is 20.1. The summed E-state index contributed by atoms with van der Waals surface area (Å²) in [6.45, 7) is 16.3. The number of phenols is 1. The van der Waals surface area contributed by atoms with Gasteiger partial charge in [0.25, 0.3) is 0 Å². The Bertz CT molecular complexity index is 1100. The molecule has 0 bridgehead atoms. The Morgan fingerprint density at radius 2 is 1.59 bits per heavy atom. The molecule has 0 radical (unpaired) electrons. The van der Waals surface area contributed by atoms with Crippen molar-refractivity contribution in [3.63, 3.8) is 0 Å². The van der Waals surface area contributed by atoms with Crippen LogP contribution < -0.4 is 4.74 Å². The number of nitrogens with one attached hydrogen (secondary N) is 1. The van der Waals surface area contributed by atoms with Crippen LogP contribution in [-0.2, 0) is 15.6 Å². The van der Waals surface area contributed by atoms with Crippen LogP contribution in [0.3, 0.4) is 0 Å². The molecule has 2 aromatic carbocycles. The number of aromatic hydroxyl groups is 1. The summed E-state index contributed by atoms with van der Waals surface area (Å²) in [4.78, 5) is 15.6. The smallest absolute Gasteiger partial charge is 0.182 e. The standard InChI is InChI=1S/C32H46N2O4.BrH/c1-9-10-22-19-34(30(33)28(22)21-11-13-24(14-12-21)38-16-15-37-8)20-27(35)23-17-25(31(2,3)4)29(36)26(18-23)32(5,6)7;/h11-14,17-18,22,28,33,36H,9-10,15-16,19-20H2,1-8H3;1H/t22-,28-;/m1./s1. The van der Waals surface area contributed by atoms with Crippen LogP contribution in [0.25, 0.3) is 0 Å². The van der Waals surface area contributed by atoms with E-state index in [1.54, 1.807) is 7.11 Å². The quantitative estimate of drug-likeness (QED) is 0.221. The lowest BCUT2D eigenvalue weighted by atomic mass is 9.78. The molecule has 1 saturated heterocycles. The van der Waals surface area contributed by atoms with Gasteiger partial charge in [0, 0.05) is 36.3 Å². The normalized spacial score (nSPS) is 17.7. The third-order valence-corrected chi connectivity index (χ3v) is 7.40. The molecule has 7 heteroatoms. The molecule has 39 heavy (non-hydrogen) atoms. The summed E-state index contributed by atoms with van der Waals surface area (Å²) in [5.74, 6) is 1.75. The minimum Gasteiger partial charge on any atom is -0.507 e. The largest absolute Gasteiger partial charge is 0.507 e. The molecule has 1 heterocycles. The van der Waals surface area contributed by atoms with Gasteiger partial charge in [-0.15, -0.1) is 17.0 Å². The van der Waals surface area contributed by atoms with Gasteiger partial charge >= 0.3 is 0 Å². The Morgan fingerprint density at radius 1 is 1.03 bits per heavy atom. The van der Waals surface area contributed by atoms with Crippen LogP contribution in [0.15, 0.2) is 36.4 Å². The fourth-order valence-electron chi connectivity index (χ4n) is 5.33. The third-order valence-electron chi connectivity index (χ3n) is 7.40. The molecule has 2 atom stereocenters. The second-order valence-electron chi connectivity index (χ2n) is 12.5. The number of halogens is 1. The molecule has 0 aromatic heterocycles. The minimum atomic E-state index is -0.308. The maximum Gasteiger partial charge on any atom is 0.182 e. The van der Waals surface area contributed by atoms with Crippen molar-refractivity contribution in [2.24, 2.45) is 5.92 Å². The molecule has 0 aliphatic carbocycles.